The molecular formula is C30H40N6O3S. The summed E-state index contributed by atoms with van der Waals surface area (Å²) in [6, 6.07) is 8.87. The van der Waals surface area contributed by atoms with Crippen LogP contribution in [0.3, 0.4) is 0 Å². The maximum Gasteiger partial charge on any atom is 0.264 e. The van der Waals surface area contributed by atoms with Gasteiger partial charge in [0.2, 0.25) is 0 Å². The summed E-state index contributed by atoms with van der Waals surface area (Å²) in [6.07, 6.45) is 5.90. The van der Waals surface area contributed by atoms with E-state index >= 15 is 0 Å². The van der Waals surface area contributed by atoms with Gasteiger partial charge in [0, 0.05) is 58.4 Å². The largest absolute Gasteiger partial charge is 0.492 e. The van der Waals surface area contributed by atoms with Crippen LogP contribution in [0.2, 0.25) is 0 Å². The van der Waals surface area contributed by atoms with Crippen LogP contribution in [0.5, 0.6) is 5.75 Å². The van der Waals surface area contributed by atoms with E-state index in [-0.39, 0.29) is 5.91 Å². The first-order valence-electron chi connectivity index (χ1n) is 14.7. The fourth-order valence-electron chi connectivity index (χ4n) is 5.99. The fourth-order valence-corrected chi connectivity index (χ4v) is 7.10. The first-order chi connectivity index (χ1) is 19.6. The topological polar surface area (TPSA) is 83.1 Å². The summed E-state index contributed by atoms with van der Waals surface area (Å²) < 4.78 is 11.5. The second kappa shape index (κ2) is 12.8. The summed E-state index contributed by atoms with van der Waals surface area (Å²) in [5.74, 6) is 1.95. The van der Waals surface area contributed by atoms with Crippen molar-refractivity contribution in [2.24, 2.45) is 0 Å². The average molecular weight is 565 g/mol. The summed E-state index contributed by atoms with van der Waals surface area (Å²) in [5, 5.41) is 4.71. The number of aromatic nitrogens is 2. The first-order valence-corrected chi connectivity index (χ1v) is 15.5. The summed E-state index contributed by atoms with van der Waals surface area (Å²) in [5.41, 5.74) is 2.29. The number of ether oxygens (including phenoxy) is 2. The van der Waals surface area contributed by atoms with Crippen LogP contribution in [0.1, 0.15) is 46.5 Å². The van der Waals surface area contributed by atoms with Crippen LogP contribution in [0.25, 0.3) is 10.2 Å². The van der Waals surface area contributed by atoms with Gasteiger partial charge in [-0.2, -0.15) is 0 Å². The second-order valence-corrected chi connectivity index (χ2v) is 12.1. The molecule has 0 unspecified atom stereocenters. The van der Waals surface area contributed by atoms with Crippen LogP contribution in [-0.2, 0) is 11.3 Å². The first kappa shape index (κ1) is 27.4. The lowest BCUT2D eigenvalue weighted by Crippen LogP contribution is -2.39. The molecule has 214 valence electrons. The lowest BCUT2D eigenvalue weighted by atomic mass is 10.0. The normalized spacial score (nSPS) is 19.4. The highest BCUT2D eigenvalue weighted by molar-refractivity contribution is 7.20. The van der Waals surface area contributed by atoms with Crippen LogP contribution in [0.15, 0.2) is 30.6 Å². The van der Waals surface area contributed by atoms with Gasteiger partial charge in [-0.1, -0.05) is 12.1 Å². The standard InChI is InChI=1S/C30H40N6O3S/c1-22-26-28(31-21-32-29(26)40-27(22)30(37)36-9-2-3-10-36)33-24-7-11-35(12-8-24)20-23-5-4-6-25(19-23)39-18-15-34-13-16-38-17-14-34/h4-6,19,21,24H,2-3,7-18,20H2,1H3,(H,31,32,33). The van der Waals surface area contributed by atoms with Gasteiger partial charge >= 0.3 is 0 Å². The quantitative estimate of drug-likeness (QED) is 0.417. The van der Waals surface area contributed by atoms with E-state index in [2.05, 4.69) is 49.4 Å². The van der Waals surface area contributed by atoms with E-state index < -0.39 is 0 Å². The Balaban J connectivity index is 1.02. The SMILES string of the molecule is Cc1c(C(=O)N2CCCC2)sc2ncnc(NC3CCN(Cc4cccc(OCCN5CCOCC5)c4)CC3)c12. The number of anilines is 1. The molecule has 0 saturated carbocycles. The Labute approximate surface area is 240 Å². The molecule has 0 bridgehead atoms. The van der Waals surface area contributed by atoms with Crippen molar-refractivity contribution in [1.82, 2.24) is 24.7 Å². The minimum Gasteiger partial charge on any atom is -0.492 e. The fraction of sp³-hybridized carbons (Fsp3) is 0.567. The smallest absolute Gasteiger partial charge is 0.264 e. The maximum absolute atomic E-state index is 13.1. The van der Waals surface area contributed by atoms with E-state index in [1.807, 2.05) is 11.8 Å². The van der Waals surface area contributed by atoms with Gasteiger partial charge in [-0.25, -0.2) is 9.97 Å². The number of amides is 1. The highest BCUT2D eigenvalue weighted by atomic mass is 32.1. The average Bonchev–Trinajstić information content (AvgIpc) is 3.64. The molecule has 5 heterocycles. The third-order valence-electron chi connectivity index (χ3n) is 8.33. The van der Waals surface area contributed by atoms with Crippen LogP contribution in [0.4, 0.5) is 5.82 Å². The number of hydrogen-bond acceptors (Lipinski definition) is 9. The number of piperidine rings is 1. The lowest BCUT2D eigenvalue weighted by molar-refractivity contribution is 0.0322. The molecule has 3 aromatic rings. The van der Waals surface area contributed by atoms with E-state index in [4.69, 9.17) is 9.47 Å². The Bertz CT molecular complexity index is 1300. The molecule has 3 fully saturated rings. The number of likely N-dealkylation sites (tertiary alicyclic amines) is 2. The Kier molecular flexibility index (Phi) is 8.77. The molecule has 0 atom stereocenters. The second-order valence-electron chi connectivity index (χ2n) is 11.1. The molecule has 3 aliphatic rings. The number of nitrogens with one attached hydrogen (secondary N) is 1. The Morgan fingerprint density at radius 1 is 1.07 bits per heavy atom. The maximum atomic E-state index is 13.1. The molecule has 3 aliphatic heterocycles. The van der Waals surface area contributed by atoms with E-state index in [1.54, 1.807) is 6.33 Å². The van der Waals surface area contributed by atoms with Crippen molar-refractivity contribution in [3.63, 3.8) is 0 Å². The molecule has 10 heteroatoms. The van der Waals surface area contributed by atoms with E-state index in [9.17, 15) is 4.79 Å². The number of morpholine rings is 1. The predicted molar refractivity (Wildman–Crippen MR) is 158 cm³/mol. The van der Waals surface area contributed by atoms with Crippen molar-refractivity contribution in [3.05, 3.63) is 46.6 Å². The van der Waals surface area contributed by atoms with Gasteiger partial charge in [-0.3, -0.25) is 14.6 Å². The highest BCUT2D eigenvalue weighted by Gasteiger charge is 2.27. The molecule has 0 aliphatic carbocycles. The molecule has 3 saturated heterocycles. The lowest BCUT2D eigenvalue weighted by Gasteiger charge is -2.32. The van der Waals surface area contributed by atoms with Crippen molar-refractivity contribution in [2.75, 3.05) is 71.0 Å². The van der Waals surface area contributed by atoms with Gasteiger partial charge in [-0.15, -0.1) is 11.3 Å². The molecule has 2 aromatic heterocycles. The molecule has 1 amide bonds. The van der Waals surface area contributed by atoms with Crippen molar-refractivity contribution in [3.8, 4) is 5.75 Å². The molecule has 0 radical (unpaired) electrons. The number of hydrogen-bond donors (Lipinski definition) is 1. The molecule has 1 aromatic carbocycles. The number of thiophene rings is 1. The van der Waals surface area contributed by atoms with Crippen molar-refractivity contribution in [1.29, 1.82) is 0 Å². The Morgan fingerprint density at radius 2 is 1.88 bits per heavy atom. The minimum absolute atomic E-state index is 0.142. The summed E-state index contributed by atoms with van der Waals surface area (Å²) in [4.78, 5) is 30.8. The minimum atomic E-state index is 0.142. The summed E-state index contributed by atoms with van der Waals surface area (Å²) >= 11 is 1.50. The van der Waals surface area contributed by atoms with Gasteiger partial charge in [0.15, 0.2) is 0 Å². The van der Waals surface area contributed by atoms with Crippen LogP contribution < -0.4 is 10.1 Å². The Hall–Kier alpha value is -2.79. The van der Waals surface area contributed by atoms with E-state index in [0.29, 0.717) is 12.6 Å². The van der Waals surface area contributed by atoms with Crippen molar-refractivity contribution in [2.45, 2.75) is 45.2 Å². The molecular weight excluding hydrogens is 524 g/mol. The highest BCUT2D eigenvalue weighted by Crippen LogP contribution is 2.35. The number of carbonyl (C=O) groups is 1. The van der Waals surface area contributed by atoms with Crippen LogP contribution in [-0.4, -0.2) is 102 Å². The molecule has 9 nitrogen and oxygen atoms in total. The molecule has 1 N–H and O–H groups in total. The van der Waals surface area contributed by atoms with Gasteiger partial charge in [0.25, 0.3) is 5.91 Å². The zero-order chi connectivity index (χ0) is 27.3. The predicted octanol–water partition coefficient (Wildman–Crippen LogP) is 4.02. The molecule has 0 spiro atoms. The number of rotatable bonds is 9. The zero-order valence-electron chi connectivity index (χ0n) is 23.4. The summed E-state index contributed by atoms with van der Waals surface area (Å²) in [6.45, 7) is 12.0. The van der Waals surface area contributed by atoms with E-state index in [0.717, 1.165) is 123 Å². The number of aryl methyl sites for hydroxylation is 1. The van der Waals surface area contributed by atoms with Gasteiger partial charge in [0.05, 0.1) is 23.5 Å². The number of nitrogens with zero attached hydrogens (tertiary/aromatic N) is 5. The molecule has 40 heavy (non-hydrogen) atoms. The van der Waals surface area contributed by atoms with Crippen LogP contribution >= 0.6 is 11.3 Å². The third-order valence-corrected chi connectivity index (χ3v) is 9.52. The van der Waals surface area contributed by atoms with Crippen molar-refractivity contribution >= 4 is 33.3 Å². The third kappa shape index (κ3) is 6.40. The monoisotopic (exact) mass is 564 g/mol. The van der Waals surface area contributed by atoms with Gasteiger partial charge in [-0.05, 0) is 55.9 Å². The number of fused-ring (bicyclic) bond motifs is 1. The molecule has 6 rings (SSSR count). The zero-order valence-corrected chi connectivity index (χ0v) is 24.3. The number of benzene rings is 1. The van der Waals surface area contributed by atoms with Crippen molar-refractivity contribution < 1.29 is 14.3 Å². The summed E-state index contributed by atoms with van der Waals surface area (Å²) in [7, 11) is 0. The van der Waals surface area contributed by atoms with Crippen LogP contribution in [0, 0.1) is 6.92 Å². The number of carbonyl (C=O) groups excluding carboxylic acids is 1. The van der Waals surface area contributed by atoms with Gasteiger partial charge in [0.1, 0.15) is 29.3 Å². The Morgan fingerprint density at radius 3 is 2.67 bits per heavy atom. The van der Waals surface area contributed by atoms with E-state index in [1.165, 1.54) is 16.9 Å². The van der Waals surface area contributed by atoms with Gasteiger partial charge < -0.3 is 19.7 Å².